The summed E-state index contributed by atoms with van der Waals surface area (Å²) in [5.74, 6) is -0.708. The first kappa shape index (κ1) is 14.4. The van der Waals surface area contributed by atoms with Crippen molar-refractivity contribution in [3.8, 4) is 0 Å². The SMILES string of the molecule is O=C(Cc1ccccc1)N1N=CCC1(O)c1ccc(F)cc1. The molecule has 0 saturated heterocycles. The molecule has 1 unspecified atom stereocenters. The maximum absolute atomic E-state index is 13.0. The van der Waals surface area contributed by atoms with Crippen LogP contribution in [-0.4, -0.2) is 22.2 Å². The molecule has 3 rings (SSSR count). The number of halogens is 1. The van der Waals surface area contributed by atoms with Gasteiger partial charge in [-0.05, 0) is 17.7 Å². The lowest BCUT2D eigenvalue weighted by atomic mass is 9.99. The average molecular weight is 298 g/mol. The van der Waals surface area contributed by atoms with E-state index < -0.39 is 11.5 Å². The first-order chi connectivity index (χ1) is 10.6. The first-order valence-electron chi connectivity index (χ1n) is 6.97. The van der Waals surface area contributed by atoms with Crippen LogP contribution in [0, 0.1) is 5.82 Å². The lowest BCUT2D eigenvalue weighted by molar-refractivity contribution is -0.157. The zero-order valence-electron chi connectivity index (χ0n) is 11.8. The van der Waals surface area contributed by atoms with Gasteiger partial charge in [0.2, 0.25) is 5.91 Å². The highest BCUT2D eigenvalue weighted by atomic mass is 19.1. The van der Waals surface area contributed by atoms with Crippen molar-refractivity contribution in [1.82, 2.24) is 5.01 Å². The van der Waals surface area contributed by atoms with Crippen LogP contribution >= 0.6 is 0 Å². The molecule has 0 bridgehead atoms. The summed E-state index contributed by atoms with van der Waals surface area (Å²) in [5, 5.41) is 15.9. The van der Waals surface area contributed by atoms with Gasteiger partial charge in [0.1, 0.15) is 5.82 Å². The number of benzene rings is 2. The number of hydrazone groups is 1. The van der Waals surface area contributed by atoms with Gasteiger partial charge in [0.15, 0.2) is 5.72 Å². The molecular weight excluding hydrogens is 283 g/mol. The Morgan fingerprint density at radius 3 is 2.55 bits per heavy atom. The summed E-state index contributed by atoms with van der Waals surface area (Å²) in [6.45, 7) is 0. The topological polar surface area (TPSA) is 52.9 Å². The number of hydrogen-bond acceptors (Lipinski definition) is 3. The van der Waals surface area contributed by atoms with E-state index in [0.29, 0.717) is 5.56 Å². The summed E-state index contributed by atoms with van der Waals surface area (Å²) in [5.41, 5.74) is -0.275. The average Bonchev–Trinajstić information content (AvgIpc) is 2.92. The minimum Gasteiger partial charge on any atom is -0.365 e. The highest BCUT2D eigenvalue weighted by Gasteiger charge is 2.42. The summed E-state index contributed by atoms with van der Waals surface area (Å²) in [6, 6.07) is 14.7. The van der Waals surface area contributed by atoms with Gasteiger partial charge in [0.25, 0.3) is 0 Å². The molecule has 2 aromatic rings. The maximum Gasteiger partial charge on any atom is 0.250 e. The summed E-state index contributed by atoms with van der Waals surface area (Å²) >= 11 is 0. The highest BCUT2D eigenvalue weighted by molar-refractivity contribution is 5.82. The van der Waals surface area contributed by atoms with E-state index in [4.69, 9.17) is 0 Å². The number of carbonyl (C=O) groups excluding carboxylic acids is 1. The van der Waals surface area contributed by atoms with Crippen LogP contribution in [-0.2, 0) is 16.9 Å². The van der Waals surface area contributed by atoms with Crippen LogP contribution in [0.25, 0.3) is 0 Å². The Balaban J connectivity index is 1.84. The van der Waals surface area contributed by atoms with Gasteiger partial charge in [0, 0.05) is 18.2 Å². The Kier molecular flexibility index (Phi) is 3.73. The van der Waals surface area contributed by atoms with E-state index in [2.05, 4.69) is 5.10 Å². The summed E-state index contributed by atoms with van der Waals surface area (Å²) in [6.07, 6.45) is 1.81. The zero-order valence-corrected chi connectivity index (χ0v) is 11.8. The van der Waals surface area contributed by atoms with Crippen molar-refractivity contribution in [1.29, 1.82) is 0 Å². The molecule has 0 radical (unpaired) electrons. The fourth-order valence-electron chi connectivity index (χ4n) is 2.50. The van der Waals surface area contributed by atoms with E-state index in [0.717, 1.165) is 10.6 Å². The Bertz CT molecular complexity index is 700. The van der Waals surface area contributed by atoms with Gasteiger partial charge < -0.3 is 5.11 Å². The minimum atomic E-state index is -1.56. The molecule has 0 spiro atoms. The Morgan fingerprint density at radius 1 is 1.18 bits per heavy atom. The summed E-state index contributed by atoms with van der Waals surface area (Å²) in [7, 11) is 0. The van der Waals surface area contributed by atoms with Gasteiger partial charge in [-0.2, -0.15) is 10.1 Å². The number of nitrogens with zero attached hydrogens (tertiary/aromatic N) is 2. The monoisotopic (exact) mass is 298 g/mol. The van der Waals surface area contributed by atoms with Crippen LogP contribution in [0.2, 0.25) is 0 Å². The summed E-state index contributed by atoms with van der Waals surface area (Å²) in [4.78, 5) is 12.4. The van der Waals surface area contributed by atoms with Gasteiger partial charge >= 0.3 is 0 Å². The van der Waals surface area contributed by atoms with Gasteiger partial charge in [-0.15, -0.1) is 0 Å². The van der Waals surface area contributed by atoms with Gasteiger partial charge in [-0.1, -0.05) is 42.5 Å². The molecule has 1 amide bonds. The number of carbonyl (C=O) groups is 1. The smallest absolute Gasteiger partial charge is 0.250 e. The third-order valence-corrected chi connectivity index (χ3v) is 3.66. The van der Waals surface area contributed by atoms with Crippen molar-refractivity contribution < 1.29 is 14.3 Å². The molecule has 0 aromatic heterocycles. The number of amides is 1. The molecule has 1 atom stereocenters. The first-order valence-corrected chi connectivity index (χ1v) is 6.97. The van der Waals surface area contributed by atoms with Crippen molar-refractivity contribution >= 4 is 12.1 Å². The van der Waals surface area contributed by atoms with Crippen LogP contribution in [0.5, 0.6) is 0 Å². The molecule has 0 aliphatic carbocycles. The standard InChI is InChI=1S/C17H15FN2O2/c18-15-8-6-14(7-9-15)17(22)10-11-19-20(17)16(21)12-13-4-2-1-3-5-13/h1-9,11,22H,10,12H2. The van der Waals surface area contributed by atoms with Gasteiger partial charge in [-0.3, -0.25) is 4.79 Å². The molecule has 2 aromatic carbocycles. The van der Waals surface area contributed by atoms with Gasteiger partial charge in [0.05, 0.1) is 6.42 Å². The molecule has 1 aliphatic rings. The maximum atomic E-state index is 13.0. The quantitative estimate of drug-likeness (QED) is 0.946. The molecule has 0 fully saturated rings. The highest BCUT2D eigenvalue weighted by Crippen LogP contribution is 2.33. The lowest BCUT2D eigenvalue weighted by Gasteiger charge is -2.31. The molecule has 4 nitrogen and oxygen atoms in total. The van der Waals surface area contributed by atoms with E-state index in [9.17, 15) is 14.3 Å². The second kappa shape index (κ2) is 5.69. The van der Waals surface area contributed by atoms with E-state index in [1.54, 1.807) is 0 Å². The Labute approximate surface area is 127 Å². The van der Waals surface area contributed by atoms with E-state index in [1.807, 2.05) is 30.3 Å². The van der Waals surface area contributed by atoms with Crippen molar-refractivity contribution in [2.45, 2.75) is 18.6 Å². The molecule has 0 saturated carbocycles. The Morgan fingerprint density at radius 2 is 1.86 bits per heavy atom. The fourth-order valence-corrected chi connectivity index (χ4v) is 2.50. The van der Waals surface area contributed by atoms with Crippen LogP contribution in [0.3, 0.4) is 0 Å². The van der Waals surface area contributed by atoms with Crippen LogP contribution in [0.4, 0.5) is 4.39 Å². The van der Waals surface area contributed by atoms with Crippen molar-refractivity contribution in [3.05, 3.63) is 71.5 Å². The molecule has 22 heavy (non-hydrogen) atoms. The van der Waals surface area contributed by atoms with E-state index in [-0.39, 0.29) is 18.7 Å². The van der Waals surface area contributed by atoms with Crippen LogP contribution in [0.15, 0.2) is 59.7 Å². The normalized spacial score (nSPS) is 20.4. The largest absolute Gasteiger partial charge is 0.365 e. The Hall–Kier alpha value is -2.53. The molecule has 112 valence electrons. The molecule has 5 heteroatoms. The number of hydrogen-bond donors (Lipinski definition) is 1. The molecule has 1 aliphatic heterocycles. The van der Waals surface area contributed by atoms with Crippen LogP contribution < -0.4 is 0 Å². The second-order valence-corrected chi connectivity index (χ2v) is 5.19. The lowest BCUT2D eigenvalue weighted by Crippen LogP contribution is -2.44. The van der Waals surface area contributed by atoms with Crippen molar-refractivity contribution in [2.24, 2.45) is 5.10 Å². The van der Waals surface area contributed by atoms with Gasteiger partial charge in [-0.25, -0.2) is 4.39 Å². The third kappa shape index (κ3) is 2.63. The second-order valence-electron chi connectivity index (χ2n) is 5.19. The summed E-state index contributed by atoms with van der Waals surface area (Å²) < 4.78 is 13.0. The predicted molar refractivity (Wildman–Crippen MR) is 80.4 cm³/mol. The fraction of sp³-hybridized carbons (Fsp3) is 0.176. The number of aliphatic hydroxyl groups is 1. The molecule has 1 N–H and O–H groups in total. The van der Waals surface area contributed by atoms with E-state index >= 15 is 0 Å². The van der Waals surface area contributed by atoms with E-state index in [1.165, 1.54) is 30.5 Å². The molecular formula is C17H15FN2O2. The molecule has 1 heterocycles. The third-order valence-electron chi connectivity index (χ3n) is 3.66. The van der Waals surface area contributed by atoms with Crippen LogP contribution in [0.1, 0.15) is 17.5 Å². The zero-order chi connectivity index (χ0) is 15.6. The minimum absolute atomic E-state index is 0.141. The van der Waals surface area contributed by atoms with Crippen molar-refractivity contribution in [3.63, 3.8) is 0 Å². The predicted octanol–water partition coefficient (Wildman–Crippen LogP) is 2.43. The van der Waals surface area contributed by atoms with Crippen molar-refractivity contribution in [2.75, 3.05) is 0 Å². The number of rotatable bonds is 3.